The molecule has 0 unspecified atom stereocenters. The zero-order valence-electron chi connectivity index (χ0n) is 13.6. The van der Waals surface area contributed by atoms with Crippen LogP contribution in [-0.2, 0) is 11.3 Å². The Kier molecular flexibility index (Phi) is 5.38. The van der Waals surface area contributed by atoms with Gasteiger partial charge in [-0.2, -0.15) is 11.8 Å². The summed E-state index contributed by atoms with van der Waals surface area (Å²) in [6.45, 7) is 2.06. The van der Waals surface area contributed by atoms with Gasteiger partial charge >= 0.3 is 6.03 Å². The number of nitrogens with zero attached hydrogens (tertiary/aromatic N) is 3. The molecule has 1 N–H and O–H groups in total. The maximum absolute atomic E-state index is 12.6. The molecule has 0 aromatic carbocycles. The molecule has 1 spiro atoms. The molecule has 2 heterocycles. The summed E-state index contributed by atoms with van der Waals surface area (Å²) in [6.07, 6.45) is 7.82. The van der Waals surface area contributed by atoms with Crippen LogP contribution >= 0.6 is 11.8 Å². The highest BCUT2D eigenvalue weighted by molar-refractivity contribution is 8.00. The third-order valence-corrected chi connectivity index (χ3v) is 6.09. The SMILES string of the molecule is COCc1cc(NC(=O)N2CCSC3(CCCCC3)C2)ncn1. The maximum atomic E-state index is 12.6. The van der Waals surface area contributed by atoms with Crippen LogP contribution in [0.3, 0.4) is 0 Å². The number of carbonyl (C=O) groups excluding carboxylic acids is 1. The lowest BCUT2D eigenvalue weighted by atomic mass is 9.87. The molecule has 126 valence electrons. The standard InChI is InChI=1S/C16H24N4O2S/c1-22-10-13-9-14(18-12-17-13)19-15(21)20-7-8-23-16(11-20)5-3-2-4-6-16/h9,12H,2-8,10-11H2,1H3,(H,17,18,19,21). The summed E-state index contributed by atoms with van der Waals surface area (Å²) in [5, 5.41) is 2.90. The first-order chi connectivity index (χ1) is 11.2. The summed E-state index contributed by atoms with van der Waals surface area (Å²) in [5.41, 5.74) is 0.760. The Morgan fingerprint density at radius 3 is 3.00 bits per heavy atom. The van der Waals surface area contributed by atoms with Crippen LogP contribution in [0.2, 0.25) is 0 Å². The average molecular weight is 336 g/mol. The first kappa shape index (κ1) is 16.5. The van der Waals surface area contributed by atoms with Crippen molar-refractivity contribution in [3.63, 3.8) is 0 Å². The fourth-order valence-electron chi connectivity index (χ4n) is 3.40. The van der Waals surface area contributed by atoms with Crippen molar-refractivity contribution in [2.75, 3.05) is 31.3 Å². The zero-order valence-corrected chi connectivity index (χ0v) is 14.4. The van der Waals surface area contributed by atoms with E-state index in [0.717, 1.165) is 24.5 Å². The summed E-state index contributed by atoms with van der Waals surface area (Å²) in [5.74, 6) is 1.56. The van der Waals surface area contributed by atoms with Crippen molar-refractivity contribution in [3.05, 3.63) is 18.1 Å². The Balaban J connectivity index is 1.62. The highest BCUT2D eigenvalue weighted by Crippen LogP contribution is 2.42. The van der Waals surface area contributed by atoms with Crippen LogP contribution in [0, 0.1) is 0 Å². The summed E-state index contributed by atoms with van der Waals surface area (Å²) in [4.78, 5) is 22.8. The van der Waals surface area contributed by atoms with Gasteiger partial charge in [0.2, 0.25) is 0 Å². The molecule has 1 aliphatic carbocycles. The van der Waals surface area contributed by atoms with Gasteiger partial charge in [-0.25, -0.2) is 14.8 Å². The smallest absolute Gasteiger partial charge is 0.323 e. The minimum atomic E-state index is -0.0580. The van der Waals surface area contributed by atoms with Crippen LogP contribution in [0.25, 0.3) is 0 Å². The van der Waals surface area contributed by atoms with E-state index >= 15 is 0 Å². The molecule has 23 heavy (non-hydrogen) atoms. The predicted octanol–water partition coefficient (Wildman–Crippen LogP) is 2.91. The lowest BCUT2D eigenvalue weighted by molar-refractivity contribution is 0.181. The monoisotopic (exact) mass is 336 g/mol. The van der Waals surface area contributed by atoms with Crippen molar-refractivity contribution in [2.45, 2.75) is 43.5 Å². The van der Waals surface area contributed by atoms with Gasteiger partial charge in [-0.1, -0.05) is 19.3 Å². The van der Waals surface area contributed by atoms with Gasteiger partial charge in [-0.05, 0) is 12.8 Å². The lowest BCUT2D eigenvalue weighted by Gasteiger charge is -2.44. The summed E-state index contributed by atoms with van der Waals surface area (Å²) < 4.78 is 5.34. The average Bonchev–Trinajstić information content (AvgIpc) is 2.56. The maximum Gasteiger partial charge on any atom is 0.323 e. The Morgan fingerprint density at radius 1 is 1.39 bits per heavy atom. The van der Waals surface area contributed by atoms with Gasteiger partial charge in [0.05, 0.1) is 12.3 Å². The van der Waals surface area contributed by atoms with E-state index in [1.54, 1.807) is 13.2 Å². The Morgan fingerprint density at radius 2 is 2.22 bits per heavy atom. The number of hydrogen-bond donors (Lipinski definition) is 1. The molecular weight excluding hydrogens is 312 g/mol. The molecule has 7 heteroatoms. The second-order valence-electron chi connectivity index (χ2n) is 6.27. The largest absolute Gasteiger partial charge is 0.378 e. The number of amides is 2. The van der Waals surface area contributed by atoms with Crippen molar-refractivity contribution in [1.82, 2.24) is 14.9 Å². The highest BCUT2D eigenvalue weighted by atomic mass is 32.2. The van der Waals surface area contributed by atoms with Crippen LogP contribution in [0.1, 0.15) is 37.8 Å². The van der Waals surface area contributed by atoms with Crippen LogP contribution in [-0.4, -0.2) is 51.6 Å². The van der Waals surface area contributed by atoms with E-state index in [-0.39, 0.29) is 10.8 Å². The van der Waals surface area contributed by atoms with E-state index in [9.17, 15) is 4.79 Å². The Hall–Kier alpha value is -1.34. The molecule has 1 aliphatic heterocycles. The van der Waals surface area contributed by atoms with Crippen LogP contribution in [0.4, 0.5) is 10.6 Å². The number of aromatic nitrogens is 2. The molecule has 2 aliphatic rings. The quantitative estimate of drug-likeness (QED) is 0.919. The molecule has 6 nitrogen and oxygen atoms in total. The molecule has 2 amide bonds. The third kappa shape index (κ3) is 4.14. The number of methoxy groups -OCH3 is 1. The third-order valence-electron chi connectivity index (χ3n) is 4.55. The Bertz CT molecular complexity index is 543. The number of thioether (sulfide) groups is 1. The van der Waals surface area contributed by atoms with Crippen LogP contribution in [0.15, 0.2) is 12.4 Å². The molecule has 3 rings (SSSR count). The molecule has 2 fully saturated rings. The van der Waals surface area contributed by atoms with Gasteiger partial charge in [0.1, 0.15) is 12.1 Å². The summed E-state index contributed by atoms with van der Waals surface area (Å²) in [7, 11) is 1.62. The second-order valence-corrected chi connectivity index (χ2v) is 7.83. The molecule has 1 aromatic heterocycles. The lowest BCUT2D eigenvalue weighted by Crippen LogP contribution is -2.51. The first-order valence-electron chi connectivity index (χ1n) is 8.21. The van der Waals surface area contributed by atoms with Gasteiger partial charge in [0.25, 0.3) is 0 Å². The number of carbonyl (C=O) groups is 1. The number of ether oxygens (including phenoxy) is 1. The van der Waals surface area contributed by atoms with Crippen molar-refractivity contribution in [2.24, 2.45) is 0 Å². The summed E-state index contributed by atoms with van der Waals surface area (Å²) >= 11 is 2.06. The van der Waals surface area contributed by atoms with Crippen LogP contribution < -0.4 is 5.32 Å². The van der Waals surface area contributed by atoms with E-state index in [0.29, 0.717) is 12.4 Å². The minimum absolute atomic E-state index is 0.0580. The number of hydrogen-bond acceptors (Lipinski definition) is 5. The van der Waals surface area contributed by atoms with E-state index in [1.165, 1.54) is 38.4 Å². The fourth-order valence-corrected chi connectivity index (χ4v) is 4.97. The number of nitrogens with one attached hydrogen (secondary N) is 1. The van der Waals surface area contributed by atoms with E-state index in [1.807, 2.05) is 4.90 Å². The van der Waals surface area contributed by atoms with E-state index in [2.05, 4.69) is 27.0 Å². The molecule has 0 atom stereocenters. The number of urea groups is 1. The molecule has 1 aromatic rings. The number of anilines is 1. The molecule has 1 saturated carbocycles. The van der Waals surface area contributed by atoms with Gasteiger partial charge in [0, 0.05) is 36.8 Å². The molecule has 0 bridgehead atoms. The van der Waals surface area contributed by atoms with E-state index < -0.39 is 0 Å². The van der Waals surface area contributed by atoms with Crippen LogP contribution in [0.5, 0.6) is 0 Å². The molecule has 0 radical (unpaired) electrons. The predicted molar refractivity (Wildman–Crippen MR) is 91.6 cm³/mol. The number of rotatable bonds is 3. The topological polar surface area (TPSA) is 67.3 Å². The van der Waals surface area contributed by atoms with Gasteiger partial charge in [-0.3, -0.25) is 5.32 Å². The van der Waals surface area contributed by atoms with Gasteiger partial charge in [0.15, 0.2) is 0 Å². The second kappa shape index (κ2) is 7.49. The molecular formula is C16H24N4O2S. The van der Waals surface area contributed by atoms with Crippen molar-refractivity contribution < 1.29 is 9.53 Å². The van der Waals surface area contributed by atoms with Gasteiger partial charge in [-0.15, -0.1) is 0 Å². The zero-order chi connectivity index (χ0) is 16.1. The highest BCUT2D eigenvalue weighted by Gasteiger charge is 2.38. The van der Waals surface area contributed by atoms with Gasteiger partial charge < -0.3 is 9.64 Å². The fraction of sp³-hybridized carbons (Fsp3) is 0.688. The van der Waals surface area contributed by atoms with E-state index in [4.69, 9.17) is 4.74 Å². The molecule has 1 saturated heterocycles. The summed E-state index contributed by atoms with van der Waals surface area (Å²) in [6, 6.07) is 1.70. The normalized spacial score (nSPS) is 20.5. The minimum Gasteiger partial charge on any atom is -0.378 e. The van der Waals surface area contributed by atoms with Crippen molar-refractivity contribution in [3.8, 4) is 0 Å². The van der Waals surface area contributed by atoms with Crippen molar-refractivity contribution in [1.29, 1.82) is 0 Å². The first-order valence-corrected chi connectivity index (χ1v) is 9.19. The Labute approximate surface area is 141 Å². The van der Waals surface area contributed by atoms with Crippen molar-refractivity contribution >= 4 is 23.6 Å².